The Morgan fingerprint density at radius 1 is 1.20 bits per heavy atom. The predicted molar refractivity (Wildman–Crippen MR) is 96.4 cm³/mol. The van der Waals surface area contributed by atoms with Crippen molar-refractivity contribution in [3.8, 4) is 17.2 Å². The van der Waals surface area contributed by atoms with Crippen LogP contribution in [-0.2, 0) is 4.79 Å². The van der Waals surface area contributed by atoms with Crippen LogP contribution in [0.2, 0.25) is 0 Å². The number of carbonyl (C=O) groups is 1. The van der Waals surface area contributed by atoms with Gasteiger partial charge in [0.1, 0.15) is 17.2 Å². The molecule has 0 radical (unpaired) electrons. The molecule has 0 aliphatic heterocycles. The second-order valence-electron chi connectivity index (χ2n) is 5.67. The molecule has 0 aliphatic rings. The summed E-state index contributed by atoms with van der Waals surface area (Å²) in [5.74, 6) is 0.929. The van der Waals surface area contributed by atoms with E-state index in [1.54, 1.807) is 19.1 Å². The molecule has 6 nitrogen and oxygen atoms in total. The van der Waals surface area contributed by atoms with Crippen LogP contribution >= 0.6 is 0 Å². The number of benzene rings is 2. The SMILES string of the molecule is COc1ccc(O)c(/C(C)=N/NC(=O)COc2cc(C)ccc2C)c1. The van der Waals surface area contributed by atoms with Gasteiger partial charge in [0.25, 0.3) is 5.91 Å². The summed E-state index contributed by atoms with van der Waals surface area (Å²) >= 11 is 0. The van der Waals surface area contributed by atoms with Gasteiger partial charge in [-0.2, -0.15) is 5.10 Å². The Morgan fingerprint density at radius 3 is 2.68 bits per heavy atom. The highest BCUT2D eigenvalue weighted by molar-refractivity contribution is 6.01. The summed E-state index contributed by atoms with van der Waals surface area (Å²) in [6.07, 6.45) is 0. The third-order valence-electron chi connectivity index (χ3n) is 3.64. The Morgan fingerprint density at radius 2 is 1.96 bits per heavy atom. The molecule has 0 saturated carbocycles. The van der Waals surface area contributed by atoms with E-state index in [0.717, 1.165) is 11.1 Å². The molecule has 0 spiro atoms. The van der Waals surface area contributed by atoms with Crippen molar-refractivity contribution in [2.75, 3.05) is 13.7 Å². The third-order valence-corrected chi connectivity index (χ3v) is 3.64. The molecule has 2 aromatic rings. The molecular formula is C19H22N2O4. The third kappa shape index (κ3) is 4.97. The lowest BCUT2D eigenvalue weighted by Crippen LogP contribution is -2.25. The average Bonchev–Trinajstić information content (AvgIpc) is 2.60. The number of nitrogens with zero attached hydrogens (tertiary/aromatic N) is 1. The minimum Gasteiger partial charge on any atom is -0.507 e. The van der Waals surface area contributed by atoms with E-state index < -0.39 is 0 Å². The van der Waals surface area contributed by atoms with E-state index in [1.807, 2.05) is 32.0 Å². The number of nitrogens with one attached hydrogen (secondary N) is 1. The first kappa shape index (κ1) is 18.3. The average molecular weight is 342 g/mol. The van der Waals surface area contributed by atoms with Crippen molar-refractivity contribution in [2.45, 2.75) is 20.8 Å². The topological polar surface area (TPSA) is 80.2 Å². The fourth-order valence-corrected chi connectivity index (χ4v) is 2.18. The number of aryl methyl sites for hydroxylation is 2. The summed E-state index contributed by atoms with van der Waals surface area (Å²) in [7, 11) is 1.54. The highest BCUT2D eigenvalue weighted by Gasteiger charge is 2.08. The van der Waals surface area contributed by atoms with Gasteiger partial charge < -0.3 is 14.6 Å². The Balaban J connectivity index is 1.98. The number of hydrazone groups is 1. The molecule has 0 fully saturated rings. The number of hydrogen-bond donors (Lipinski definition) is 2. The zero-order valence-electron chi connectivity index (χ0n) is 14.8. The number of hydrogen-bond acceptors (Lipinski definition) is 5. The minimum atomic E-state index is -0.386. The Bertz CT molecular complexity index is 800. The van der Waals surface area contributed by atoms with Crippen LogP contribution in [0.3, 0.4) is 0 Å². The summed E-state index contributed by atoms with van der Waals surface area (Å²) in [6, 6.07) is 10.6. The number of aromatic hydroxyl groups is 1. The van der Waals surface area contributed by atoms with Crippen LogP contribution in [0.25, 0.3) is 0 Å². The fourth-order valence-electron chi connectivity index (χ4n) is 2.18. The van der Waals surface area contributed by atoms with E-state index in [1.165, 1.54) is 13.2 Å². The van der Waals surface area contributed by atoms with E-state index in [9.17, 15) is 9.90 Å². The van der Waals surface area contributed by atoms with Gasteiger partial charge in [0, 0.05) is 5.56 Å². The Hall–Kier alpha value is -3.02. The van der Waals surface area contributed by atoms with Crippen molar-refractivity contribution in [3.63, 3.8) is 0 Å². The molecule has 2 N–H and O–H groups in total. The molecule has 0 aliphatic carbocycles. The maximum atomic E-state index is 11.9. The Kier molecular flexibility index (Phi) is 6.00. The summed E-state index contributed by atoms with van der Waals surface area (Å²) in [5.41, 5.74) is 5.38. The van der Waals surface area contributed by atoms with Crippen molar-refractivity contribution in [2.24, 2.45) is 5.10 Å². The van der Waals surface area contributed by atoms with Crippen LogP contribution in [0.4, 0.5) is 0 Å². The maximum absolute atomic E-state index is 11.9. The summed E-state index contributed by atoms with van der Waals surface area (Å²) in [6.45, 7) is 5.41. The van der Waals surface area contributed by atoms with Gasteiger partial charge in [-0.25, -0.2) is 5.43 Å². The number of phenols is 1. The van der Waals surface area contributed by atoms with Gasteiger partial charge in [-0.1, -0.05) is 12.1 Å². The molecular weight excluding hydrogens is 320 g/mol. The van der Waals surface area contributed by atoms with Gasteiger partial charge in [-0.05, 0) is 56.2 Å². The monoisotopic (exact) mass is 342 g/mol. The van der Waals surface area contributed by atoms with Crippen LogP contribution in [0.1, 0.15) is 23.6 Å². The highest BCUT2D eigenvalue weighted by Crippen LogP contribution is 2.23. The molecule has 0 atom stereocenters. The molecule has 25 heavy (non-hydrogen) atoms. The quantitative estimate of drug-likeness (QED) is 0.625. The van der Waals surface area contributed by atoms with Crippen molar-refractivity contribution in [1.82, 2.24) is 5.43 Å². The van der Waals surface area contributed by atoms with Gasteiger partial charge in [-0.3, -0.25) is 4.79 Å². The zero-order valence-corrected chi connectivity index (χ0v) is 14.8. The van der Waals surface area contributed by atoms with E-state index in [0.29, 0.717) is 22.8 Å². The zero-order chi connectivity index (χ0) is 18.4. The van der Waals surface area contributed by atoms with Gasteiger partial charge in [-0.15, -0.1) is 0 Å². The van der Waals surface area contributed by atoms with E-state index in [-0.39, 0.29) is 18.3 Å². The summed E-state index contributed by atoms with van der Waals surface area (Å²) in [5, 5.41) is 13.9. The van der Waals surface area contributed by atoms with E-state index >= 15 is 0 Å². The smallest absolute Gasteiger partial charge is 0.277 e. The standard InChI is InChI=1S/C19H22N2O4/c1-12-5-6-13(2)18(9-12)25-11-19(23)21-20-14(3)16-10-15(24-4)7-8-17(16)22/h5-10,22H,11H2,1-4H3,(H,21,23)/b20-14+. The second-order valence-corrected chi connectivity index (χ2v) is 5.67. The van der Waals surface area contributed by atoms with Crippen molar-refractivity contribution < 1.29 is 19.4 Å². The summed E-state index contributed by atoms with van der Waals surface area (Å²) < 4.78 is 10.6. The molecule has 0 heterocycles. The molecule has 2 aromatic carbocycles. The highest BCUT2D eigenvalue weighted by atomic mass is 16.5. The van der Waals surface area contributed by atoms with Crippen LogP contribution < -0.4 is 14.9 Å². The van der Waals surface area contributed by atoms with Gasteiger partial charge in [0.05, 0.1) is 12.8 Å². The molecule has 6 heteroatoms. The normalized spacial score (nSPS) is 11.1. The van der Waals surface area contributed by atoms with E-state index in [4.69, 9.17) is 9.47 Å². The van der Waals surface area contributed by atoms with Crippen molar-refractivity contribution in [1.29, 1.82) is 0 Å². The molecule has 0 unspecified atom stereocenters. The fraction of sp³-hybridized carbons (Fsp3) is 0.263. The number of amides is 1. The molecule has 0 bridgehead atoms. The number of ether oxygens (including phenoxy) is 2. The lowest BCUT2D eigenvalue weighted by atomic mass is 10.1. The molecule has 0 aromatic heterocycles. The number of carbonyl (C=O) groups excluding carboxylic acids is 1. The van der Waals surface area contributed by atoms with Crippen LogP contribution in [0.5, 0.6) is 17.2 Å². The van der Waals surface area contributed by atoms with E-state index in [2.05, 4.69) is 10.5 Å². The maximum Gasteiger partial charge on any atom is 0.277 e. The first-order valence-electron chi connectivity index (χ1n) is 7.81. The second kappa shape index (κ2) is 8.19. The Labute approximate surface area is 147 Å². The van der Waals surface area contributed by atoms with Gasteiger partial charge in [0.15, 0.2) is 6.61 Å². The number of methoxy groups -OCH3 is 1. The predicted octanol–water partition coefficient (Wildman–Crippen LogP) is 2.94. The van der Waals surface area contributed by atoms with Gasteiger partial charge in [0.2, 0.25) is 0 Å². The molecule has 1 amide bonds. The lowest BCUT2D eigenvalue weighted by molar-refractivity contribution is -0.123. The molecule has 0 saturated heterocycles. The van der Waals surface area contributed by atoms with Gasteiger partial charge >= 0.3 is 0 Å². The van der Waals surface area contributed by atoms with Crippen LogP contribution in [0, 0.1) is 13.8 Å². The summed E-state index contributed by atoms with van der Waals surface area (Å²) in [4.78, 5) is 11.9. The van der Waals surface area contributed by atoms with Crippen molar-refractivity contribution in [3.05, 3.63) is 53.1 Å². The minimum absolute atomic E-state index is 0.0583. The van der Waals surface area contributed by atoms with Crippen LogP contribution in [-0.4, -0.2) is 30.4 Å². The number of phenolic OH excluding ortho intramolecular Hbond substituents is 1. The first-order chi connectivity index (χ1) is 11.9. The largest absolute Gasteiger partial charge is 0.507 e. The molecule has 132 valence electrons. The molecule has 2 rings (SSSR count). The first-order valence-corrected chi connectivity index (χ1v) is 7.81. The van der Waals surface area contributed by atoms with Crippen molar-refractivity contribution >= 4 is 11.6 Å². The lowest BCUT2D eigenvalue weighted by Gasteiger charge is -2.10. The number of rotatable bonds is 6. The van der Waals surface area contributed by atoms with Crippen LogP contribution in [0.15, 0.2) is 41.5 Å².